The molecule has 5 nitrogen and oxygen atoms in total. The number of nitrogens with zero attached hydrogens (tertiary/aromatic N) is 2. The van der Waals surface area contributed by atoms with Crippen LogP contribution in [0.3, 0.4) is 0 Å². The first-order valence-electron chi connectivity index (χ1n) is 9.85. The summed E-state index contributed by atoms with van der Waals surface area (Å²) in [6.07, 6.45) is 2.51. The van der Waals surface area contributed by atoms with Gasteiger partial charge in [0.15, 0.2) is 0 Å². The van der Waals surface area contributed by atoms with Crippen LogP contribution in [0.5, 0.6) is 5.75 Å². The molecule has 3 rings (SSSR count). The predicted octanol–water partition coefficient (Wildman–Crippen LogP) is 3.90. The molecule has 1 atom stereocenters. The number of methoxy groups -OCH3 is 1. The fraction of sp³-hybridized carbons (Fsp3) is 0.391. The minimum atomic E-state index is -0.162. The molecule has 0 aliphatic carbocycles. The number of thiophene rings is 1. The summed E-state index contributed by atoms with van der Waals surface area (Å²) in [5, 5.41) is 2.08. The van der Waals surface area contributed by atoms with Gasteiger partial charge >= 0.3 is 0 Å². The van der Waals surface area contributed by atoms with E-state index in [4.69, 9.17) is 4.74 Å². The number of hydrogen-bond donors (Lipinski definition) is 0. The van der Waals surface area contributed by atoms with Crippen LogP contribution in [0.2, 0.25) is 0 Å². The first-order chi connectivity index (χ1) is 14.0. The van der Waals surface area contributed by atoms with E-state index in [1.165, 1.54) is 10.4 Å². The summed E-state index contributed by atoms with van der Waals surface area (Å²) >= 11 is 1.74. The molecule has 0 N–H and O–H groups in total. The summed E-state index contributed by atoms with van der Waals surface area (Å²) < 4.78 is 5.28. The third kappa shape index (κ3) is 4.53. The van der Waals surface area contributed by atoms with Crippen molar-refractivity contribution in [3.8, 4) is 5.75 Å². The maximum absolute atomic E-state index is 13.3. The monoisotopic (exact) mass is 412 g/mol. The maximum Gasteiger partial charge on any atom is 0.243 e. The zero-order valence-corrected chi connectivity index (χ0v) is 18.1. The molecule has 0 unspecified atom stereocenters. The third-order valence-corrected chi connectivity index (χ3v) is 6.20. The van der Waals surface area contributed by atoms with Crippen molar-refractivity contribution in [2.24, 2.45) is 5.92 Å². The highest BCUT2D eigenvalue weighted by atomic mass is 32.1. The van der Waals surface area contributed by atoms with Gasteiger partial charge in [0.25, 0.3) is 0 Å². The molecule has 6 heteroatoms. The molecule has 29 heavy (non-hydrogen) atoms. The summed E-state index contributed by atoms with van der Waals surface area (Å²) in [6, 6.07) is 9.82. The second-order valence-electron chi connectivity index (χ2n) is 7.47. The molecule has 2 aromatic rings. The van der Waals surface area contributed by atoms with E-state index in [0.717, 1.165) is 17.7 Å². The van der Waals surface area contributed by atoms with Crippen molar-refractivity contribution in [1.82, 2.24) is 9.80 Å². The molecule has 1 aromatic carbocycles. The van der Waals surface area contributed by atoms with E-state index in [0.29, 0.717) is 13.1 Å². The molecule has 154 valence electrons. The second-order valence-corrected chi connectivity index (χ2v) is 8.47. The predicted molar refractivity (Wildman–Crippen MR) is 116 cm³/mol. The van der Waals surface area contributed by atoms with Crippen LogP contribution in [0.25, 0.3) is 0 Å². The Balaban J connectivity index is 1.90. The lowest BCUT2D eigenvalue weighted by atomic mass is 9.93. The van der Waals surface area contributed by atoms with Crippen LogP contribution in [0.15, 0.2) is 48.4 Å². The highest BCUT2D eigenvalue weighted by Gasteiger charge is 2.34. The topological polar surface area (TPSA) is 49.9 Å². The molecule has 0 bridgehead atoms. The van der Waals surface area contributed by atoms with Gasteiger partial charge in [-0.1, -0.05) is 32.1 Å². The molecule has 2 amide bonds. The Labute approximate surface area is 176 Å². The third-order valence-electron chi connectivity index (χ3n) is 5.20. The zero-order chi connectivity index (χ0) is 21.0. The van der Waals surface area contributed by atoms with Crippen molar-refractivity contribution in [2.75, 3.05) is 26.7 Å². The highest BCUT2D eigenvalue weighted by Crippen LogP contribution is 2.38. The molecular weight excluding hydrogens is 384 g/mol. The van der Waals surface area contributed by atoms with Gasteiger partial charge in [-0.05, 0) is 41.1 Å². The summed E-state index contributed by atoms with van der Waals surface area (Å²) in [4.78, 5) is 30.7. The van der Waals surface area contributed by atoms with Crippen molar-refractivity contribution in [3.05, 3.63) is 64.4 Å². The Morgan fingerprint density at radius 3 is 2.66 bits per heavy atom. The van der Waals surface area contributed by atoms with Crippen molar-refractivity contribution in [2.45, 2.75) is 26.3 Å². The molecule has 0 saturated heterocycles. The second kappa shape index (κ2) is 9.27. The molecule has 0 saturated carbocycles. The number of benzene rings is 1. The average molecular weight is 413 g/mol. The Morgan fingerprint density at radius 1 is 1.31 bits per heavy atom. The van der Waals surface area contributed by atoms with Crippen molar-refractivity contribution in [3.63, 3.8) is 0 Å². The van der Waals surface area contributed by atoms with Gasteiger partial charge in [0, 0.05) is 23.9 Å². The standard InChI is InChI=1S/C23H28N2O3S/c1-5-12-24(23(27)16(2)3)15-21(26)25-13-10-20-19(11-14-29-20)22(25)17-6-8-18(28-4)9-7-17/h5-9,11,14,16,22H,1,10,12-13,15H2,2-4H3/t22-/m1/s1. The molecule has 0 radical (unpaired) electrons. The molecule has 1 aliphatic rings. The van der Waals surface area contributed by atoms with Gasteiger partial charge in [-0.25, -0.2) is 0 Å². The maximum atomic E-state index is 13.3. The van der Waals surface area contributed by atoms with E-state index >= 15 is 0 Å². The first kappa shape index (κ1) is 21.1. The van der Waals surface area contributed by atoms with Crippen LogP contribution >= 0.6 is 11.3 Å². The van der Waals surface area contributed by atoms with Gasteiger partial charge in [-0.2, -0.15) is 0 Å². The normalized spacial score (nSPS) is 15.7. The van der Waals surface area contributed by atoms with Gasteiger partial charge in [0.2, 0.25) is 11.8 Å². The smallest absolute Gasteiger partial charge is 0.243 e. The number of carbonyl (C=O) groups is 2. The fourth-order valence-electron chi connectivity index (χ4n) is 3.74. The number of amides is 2. The zero-order valence-electron chi connectivity index (χ0n) is 17.3. The molecule has 2 heterocycles. The number of fused-ring (bicyclic) bond motifs is 1. The summed E-state index contributed by atoms with van der Waals surface area (Å²) in [7, 11) is 1.64. The summed E-state index contributed by atoms with van der Waals surface area (Å²) in [6.45, 7) is 8.50. The van der Waals surface area contributed by atoms with Crippen LogP contribution in [0.4, 0.5) is 0 Å². The quantitative estimate of drug-likeness (QED) is 0.648. The minimum absolute atomic E-state index is 0.0347. The van der Waals surface area contributed by atoms with E-state index in [2.05, 4.69) is 18.0 Å². The van der Waals surface area contributed by atoms with E-state index < -0.39 is 0 Å². The van der Waals surface area contributed by atoms with Gasteiger partial charge in [0.05, 0.1) is 13.2 Å². The van der Waals surface area contributed by atoms with Gasteiger partial charge < -0.3 is 14.5 Å². The van der Waals surface area contributed by atoms with Gasteiger partial charge in [0.1, 0.15) is 12.3 Å². The molecule has 0 fully saturated rings. The van der Waals surface area contributed by atoms with E-state index in [9.17, 15) is 9.59 Å². The Hall–Kier alpha value is -2.60. The minimum Gasteiger partial charge on any atom is -0.497 e. The lowest BCUT2D eigenvalue weighted by Gasteiger charge is -2.37. The lowest BCUT2D eigenvalue weighted by Crippen LogP contribution is -2.47. The van der Waals surface area contributed by atoms with Crippen LogP contribution in [-0.4, -0.2) is 48.4 Å². The molecule has 0 spiro atoms. The van der Waals surface area contributed by atoms with E-state index in [1.54, 1.807) is 29.4 Å². The first-order valence-corrected chi connectivity index (χ1v) is 10.7. The van der Waals surface area contributed by atoms with Crippen molar-refractivity contribution >= 4 is 23.2 Å². The number of carbonyl (C=O) groups excluding carboxylic acids is 2. The number of ether oxygens (including phenoxy) is 1. The Bertz CT molecular complexity index is 873. The van der Waals surface area contributed by atoms with Crippen molar-refractivity contribution < 1.29 is 14.3 Å². The summed E-state index contributed by atoms with van der Waals surface area (Å²) in [5.74, 6) is 0.545. The van der Waals surface area contributed by atoms with E-state index in [-0.39, 0.29) is 30.3 Å². The van der Waals surface area contributed by atoms with E-state index in [1.807, 2.05) is 43.0 Å². The van der Waals surface area contributed by atoms with Crippen molar-refractivity contribution in [1.29, 1.82) is 0 Å². The fourth-order valence-corrected chi connectivity index (χ4v) is 4.64. The Kier molecular flexibility index (Phi) is 6.75. The molecular formula is C23H28N2O3S. The highest BCUT2D eigenvalue weighted by molar-refractivity contribution is 7.10. The Morgan fingerprint density at radius 2 is 2.03 bits per heavy atom. The number of rotatable bonds is 7. The molecule has 1 aromatic heterocycles. The van der Waals surface area contributed by atoms with Crippen LogP contribution in [0, 0.1) is 5.92 Å². The SMILES string of the molecule is C=CCN(CC(=O)N1CCc2sccc2[C@H]1c1ccc(OC)cc1)C(=O)C(C)C. The average Bonchev–Trinajstić information content (AvgIpc) is 3.21. The van der Waals surface area contributed by atoms with Crippen LogP contribution in [0.1, 0.15) is 35.9 Å². The largest absolute Gasteiger partial charge is 0.497 e. The van der Waals surface area contributed by atoms with Crippen LogP contribution < -0.4 is 4.74 Å². The van der Waals surface area contributed by atoms with Gasteiger partial charge in [-0.3, -0.25) is 9.59 Å². The summed E-state index contributed by atoms with van der Waals surface area (Å²) in [5.41, 5.74) is 2.22. The molecule has 1 aliphatic heterocycles. The van der Waals surface area contributed by atoms with Gasteiger partial charge in [-0.15, -0.1) is 17.9 Å². The number of hydrogen-bond acceptors (Lipinski definition) is 4. The lowest BCUT2D eigenvalue weighted by molar-refractivity contribution is -0.142. The van der Waals surface area contributed by atoms with Crippen LogP contribution in [-0.2, 0) is 16.0 Å².